The second-order valence-corrected chi connectivity index (χ2v) is 12.2. The third-order valence-corrected chi connectivity index (χ3v) is 9.20. The fourth-order valence-electron chi connectivity index (χ4n) is 5.54. The number of rotatable bonds is 6. The SMILES string of the molecule is Cc1ccc(S(=O)(=O)n2ccc3c2ncc2nnc([C@@H]4CN(Cc5ccccc5)C[C@@H]4C(C)C)n23)cc1. The number of fused-ring (bicyclic) bond motifs is 3. The van der Waals surface area contributed by atoms with Crippen LogP contribution >= 0.6 is 0 Å². The molecule has 8 nitrogen and oxygen atoms in total. The van der Waals surface area contributed by atoms with Crippen molar-refractivity contribution in [3.8, 4) is 0 Å². The quantitative estimate of drug-likeness (QED) is 0.332. The molecule has 9 heteroatoms. The predicted octanol–water partition coefficient (Wildman–Crippen LogP) is 4.50. The van der Waals surface area contributed by atoms with E-state index >= 15 is 0 Å². The minimum atomic E-state index is -3.80. The highest BCUT2D eigenvalue weighted by atomic mass is 32.2. The zero-order valence-electron chi connectivity index (χ0n) is 21.2. The average molecular weight is 515 g/mol. The van der Waals surface area contributed by atoms with Gasteiger partial charge in [0.25, 0.3) is 10.0 Å². The van der Waals surface area contributed by atoms with Crippen molar-refractivity contribution in [1.82, 2.24) is 28.5 Å². The molecule has 1 saturated heterocycles. The van der Waals surface area contributed by atoms with Gasteiger partial charge in [-0.05, 0) is 42.5 Å². The second kappa shape index (κ2) is 9.08. The zero-order valence-corrected chi connectivity index (χ0v) is 22.0. The summed E-state index contributed by atoms with van der Waals surface area (Å²) in [5.41, 5.74) is 3.98. The van der Waals surface area contributed by atoms with Crippen LogP contribution < -0.4 is 0 Å². The Bertz CT molecular complexity index is 1670. The normalized spacial score (nSPS) is 18.9. The van der Waals surface area contributed by atoms with Crippen molar-refractivity contribution >= 4 is 26.8 Å². The first-order valence-electron chi connectivity index (χ1n) is 12.6. The van der Waals surface area contributed by atoms with E-state index in [0.29, 0.717) is 28.6 Å². The standard InChI is InChI=1S/C28H30N6O2S/c1-19(2)23-17-32(16-21-7-5-4-6-8-21)18-24(23)27-31-30-26-15-29-28-25(34(26)27)13-14-33(28)37(35,36)22-11-9-20(3)10-12-22/h4-15,19,23-24H,16-18H2,1-3H3/t23-,24-/m1/s1. The molecule has 0 bridgehead atoms. The molecule has 0 radical (unpaired) electrons. The molecule has 0 aliphatic carbocycles. The van der Waals surface area contributed by atoms with Gasteiger partial charge in [-0.25, -0.2) is 17.4 Å². The minimum Gasteiger partial charge on any atom is -0.298 e. The van der Waals surface area contributed by atoms with Gasteiger partial charge in [-0.15, -0.1) is 10.2 Å². The van der Waals surface area contributed by atoms with Gasteiger partial charge in [0.05, 0.1) is 16.6 Å². The van der Waals surface area contributed by atoms with E-state index in [9.17, 15) is 8.42 Å². The number of benzene rings is 2. The largest absolute Gasteiger partial charge is 0.298 e. The first kappa shape index (κ1) is 23.8. The Morgan fingerprint density at radius 2 is 1.73 bits per heavy atom. The van der Waals surface area contributed by atoms with Crippen molar-refractivity contribution in [2.24, 2.45) is 11.8 Å². The van der Waals surface area contributed by atoms with Crippen LogP contribution in [0.15, 0.2) is 78.0 Å². The lowest BCUT2D eigenvalue weighted by molar-refractivity contribution is 0.296. The van der Waals surface area contributed by atoms with Crippen molar-refractivity contribution in [3.63, 3.8) is 0 Å². The molecule has 2 atom stereocenters. The molecule has 5 aromatic rings. The van der Waals surface area contributed by atoms with Crippen molar-refractivity contribution in [1.29, 1.82) is 0 Å². The van der Waals surface area contributed by atoms with E-state index in [1.165, 1.54) is 9.54 Å². The first-order chi connectivity index (χ1) is 17.8. The Morgan fingerprint density at radius 1 is 0.973 bits per heavy atom. The van der Waals surface area contributed by atoms with Crippen LogP contribution in [0, 0.1) is 18.8 Å². The van der Waals surface area contributed by atoms with E-state index in [1.807, 2.05) is 17.4 Å². The molecule has 1 aliphatic heterocycles. The minimum absolute atomic E-state index is 0.168. The summed E-state index contributed by atoms with van der Waals surface area (Å²) in [5, 5.41) is 9.06. The average Bonchev–Trinajstić information content (AvgIpc) is 3.61. The highest BCUT2D eigenvalue weighted by molar-refractivity contribution is 7.90. The number of likely N-dealkylation sites (tertiary alicyclic amines) is 1. The smallest absolute Gasteiger partial charge is 0.269 e. The summed E-state index contributed by atoms with van der Waals surface area (Å²) in [6.07, 6.45) is 3.19. The number of hydrogen-bond acceptors (Lipinski definition) is 6. The van der Waals surface area contributed by atoms with Crippen molar-refractivity contribution < 1.29 is 8.42 Å². The van der Waals surface area contributed by atoms with Crippen LogP contribution in [0.25, 0.3) is 16.8 Å². The molecule has 0 spiro atoms. The van der Waals surface area contributed by atoms with Gasteiger partial charge < -0.3 is 0 Å². The maximum Gasteiger partial charge on any atom is 0.269 e. The van der Waals surface area contributed by atoms with Crippen LogP contribution in [0.4, 0.5) is 0 Å². The molecule has 1 aliphatic rings. The Kier molecular flexibility index (Phi) is 5.84. The molecule has 3 aromatic heterocycles. The van der Waals surface area contributed by atoms with Crippen LogP contribution in [0.2, 0.25) is 0 Å². The Balaban J connectivity index is 1.42. The molecule has 1 fully saturated rings. The molecule has 37 heavy (non-hydrogen) atoms. The predicted molar refractivity (Wildman–Crippen MR) is 143 cm³/mol. The van der Waals surface area contributed by atoms with Crippen LogP contribution in [-0.4, -0.2) is 50.0 Å². The number of nitrogens with zero attached hydrogens (tertiary/aromatic N) is 6. The Hall–Kier alpha value is -3.56. The van der Waals surface area contributed by atoms with Gasteiger partial charge in [0.2, 0.25) is 0 Å². The van der Waals surface area contributed by atoms with Gasteiger partial charge in [0, 0.05) is 31.7 Å². The monoisotopic (exact) mass is 514 g/mol. The van der Waals surface area contributed by atoms with Crippen LogP contribution in [0.5, 0.6) is 0 Å². The summed E-state index contributed by atoms with van der Waals surface area (Å²) in [6.45, 7) is 9.18. The fraction of sp³-hybridized carbons (Fsp3) is 0.321. The van der Waals surface area contributed by atoms with E-state index < -0.39 is 10.0 Å². The van der Waals surface area contributed by atoms with Crippen LogP contribution in [-0.2, 0) is 16.6 Å². The lowest BCUT2D eigenvalue weighted by Crippen LogP contribution is -2.21. The second-order valence-electron chi connectivity index (χ2n) is 10.3. The molecule has 2 aromatic carbocycles. The third-order valence-electron chi connectivity index (χ3n) is 7.52. The first-order valence-corrected chi connectivity index (χ1v) is 14.1. The maximum absolute atomic E-state index is 13.5. The highest BCUT2D eigenvalue weighted by Gasteiger charge is 2.38. The molecule has 0 saturated carbocycles. The number of aromatic nitrogens is 5. The summed E-state index contributed by atoms with van der Waals surface area (Å²) < 4.78 is 30.2. The van der Waals surface area contributed by atoms with Crippen molar-refractivity contribution in [3.05, 3.63) is 90.0 Å². The van der Waals surface area contributed by atoms with E-state index in [0.717, 1.165) is 31.0 Å². The lowest BCUT2D eigenvalue weighted by atomic mass is 9.85. The molecule has 4 heterocycles. The van der Waals surface area contributed by atoms with Gasteiger partial charge in [-0.3, -0.25) is 9.30 Å². The van der Waals surface area contributed by atoms with E-state index in [4.69, 9.17) is 0 Å². The zero-order chi connectivity index (χ0) is 25.7. The van der Waals surface area contributed by atoms with Crippen LogP contribution in [0.3, 0.4) is 0 Å². The molecular formula is C28H30N6O2S. The van der Waals surface area contributed by atoms with Gasteiger partial charge in [-0.1, -0.05) is 61.9 Å². The van der Waals surface area contributed by atoms with Crippen LogP contribution in [0.1, 0.15) is 36.7 Å². The maximum atomic E-state index is 13.5. The molecular weight excluding hydrogens is 484 g/mol. The van der Waals surface area contributed by atoms with E-state index in [2.05, 4.69) is 58.2 Å². The summed E-state index contributed by atoms with van der Waals surface area (Å²) in [5.74, 6) is 1.89. The fourth-order valence-corrected chi connectivity index (χ4v) is 6.84. The Labute approximate surface area is 216 Å². The summed E-state index contributed by atoms with van der Waals surface area (Å²) in [4.78, 5) is 7.21. The van der Waals surface area contributed by atoms with Gasteiger partial charge in [0.1, 0.15) is 5.82 Å². The van der Waals surface area contributed by atoms with Crippen molar-refractivity contribution in [2.75, 3.05) is 13.1 Å². The topological polar surface area (TPSA) is 85.4 Å². The Morgan fingerprint density at radius 3 is 2.46 bits per heavy atom. The lowest BCUT2D eigenvalue weighted by Gasteiger charge is -2.20. The summed E-state index contributed by atoms with van der Waals surface area (Å²) in [6, 6.07) is 19.2. The highest BCUT2D eigenvalue weighted by Crippen LogP contribution is 2.38. The summed E-state index contributed by atoms with van der Waals surface area (Å²) in [7, 11) is -3.80. The van der Waals surface area contributed by atoms with Gasteiger partial charge in [-0.2, -0.15) is 0 Å². The molecule has 0 unspecified atom stereocenters. The molecule has 190 valence electrons. The number of hydrogen-bond donors (Lipinski definition) is 0. The molecule has 0 N–H and O–H groups in total. The molecule has 6 rings (SSSR count). The van der Waals surface area contributed by atoms with E-state index in [1.54, 1.807) is 42.7 Å². The summed E-state index contributed by atoms with van der Waals surface area (Å²) >= 11 is 0. The number of aryl methyl sites for hydroxylation is 1. The van der Waals surface area contributed by atoms with Gasteiger partial charge >= 0.3 is 0 Å². The van der Waals surface area contributed by atoms with Crippen molar-refractivity contribution in [2.45, 2.75) is 38.1 Å². The van der Waals surface area contributed by atoms with Gasteiger partial charge in [0.15, 0.2) is 11.3 Å². The third kappa shape index (κ3) is 4.12. The molecule has 0 amide bonds. The van der Waals surface area contributed by atoms with E-state index in [-0.39, 0.29) is 10.8 Å².